The molecule has 0 aliphatic carbocycles. The van der Waals surface area contributed by atoms with Crippen molar-refractivity contribution in [3.05, 3.63) is 35.4 Å². The molecule has 1 N–H and O–H groups in total. The van der Waals surface area contributed by atoms with Crippen molar-refractivity contribution in [3.63, 3.8) is 0 Å². The van der Waals surface area contributed by atoms with Crippen LogP contribution in [-0.2, 0) is 16.0 Å². The second-order valence-electron chi connectivity index (χ2n) is 4.53. The number of rotatable bonds is 4. The van der Waals surface area contributed by atoms with Gasteiger partial charge in [0.05, 0.1) is 0 Å². The molecule has 0 aromatic heterocycles. The van der Waals surface area contributed by atoms with Crippen molar-refractivity contribution < 1.29 is 9.53 Å². The molecule has 1 aliphatic rings. The first-order valence-corrected chi connectivity index (χ1v) is 6.20. The standard InChI is InChI=1S/C14H19NO2/c1-11-4-6-12(7-5-11)8-9-15-14(16)13-3-2-10-17-13/h4-7,13H,2-3,8-10H2,1H3,(H,15,16). The van der Waals surface area contributed by atoms with E-state index in [4.69, 9.17) is 4.74 Å². The minimum Gasteiger partial charge on any atom is -0.368 e. The highest BCUT2D eigenvalue weighted by Crippen LogP contribution is 2.11. The Morgan fingerprint density at radius 3 is 2.82 bits per heavy atom. The molecule has 3 nitrogen and oxygen atoms in total. The van der Waals surface area contributed by atoms with Crippen molar-refractivity contribution in [2.75, 3.05) is 13.2 Å². The summed E-state index contributed by atoms with van der Waals surface area (Å²) < 4.78 is 5.32. The molecule has 1 unspecified atom stereocenters. The third-order valence-electron chi connectivity index (χ3n) is 3.06. The molecule has 92 valence electrons. The zero-order valence-corrected chi connectivity index (χ0v) is 10.2. The van der Waals surface area contributed by atoms with E-state index in [2.05, 4.69) is 36.5 Å². The largest absolute Gasteiger partial charge is 0.368 e. The lowest BCUT2D eigenvalue weighted by Gasteiger charge is -2.10. The molecule has 0 bridgehead atoms. The van der Waals surface area contributed by atoms with Gasteiger partial charge >= 0.3 is 0 Å². The van der Waals surface area contributed by atoms with Crippen molar-refractivity contribution in [1.82, 2.24) is 5.32 Å². The van der Waals surface area contributed by atoms with Gasteiger partial charge in [-0.05, 0) is 31.7 Å². The van der Waals surface area contributed by atoms with Crippen molar-refractivity contribution in [1.29, 1.82) is 0 Å². The van der Waals surface area contributed by atoms with Crippen molar-refractivity contribution >= 4 is 5.91 Å². The van der Waals surface area contributed by atoms with Crippen LogP contribution >= 0.6 is 0 Å². The fourth-order valence-electron chi connectivity index (χ4n) is 1.98. The number of aryl methyl sites for hydroxylation is 1. The molecule has 0 spiro atoms. The van der Waals surface area contributed by atoms with Gasteiger partial charge in [0, 0.05) is 13.2 Å². The van der Waals surface area contributed by atoms with Crippen LogP contribution in [0.25, 0.3) is 0 Å². The molecule has 17 heavy (non-hydrogen) atoms. The number of hydrogen-bond acceptors (Lipinski definition) is 2. The van der Waals surface area contributed by atoms with E-state index in [1.165, 1.54) is 11.1 Å². The predicted molar refractivity (Wildman–Crippen MR) is 66.9 cm³/mol. The molecular formula is C14H19NO2. The lowest BCUT2D eigenvalue weighted by molar-refractivity contribution is -0.129. The Morgan fingerprint density at radius 2 is 2.18 bits per heavy atom. The van der Waals surface area contributed by atoms with Gasteiger partial charge in [-0.2, -0.15) is 0 Å². The van der Waals surface area contributed by atoms with Gasteiger partial charge in [-0.1, -0.05) is 29.8 Å². The normalized spacial score (nSPS) is 19.2. The SMILES string of the molecule is Cc1ccc(CCNC(=O)C2CCCO2)cc1. The summed E-state index contributed by atoms with van der Waals surface area (Å²) in [5.74, 6) is 0.0367. The zero-order valence-electron chi connectivity index (χ0n) is 10.2. The molecule has 0 radical (unpaired) electrons. The van der Waals surface area contributed by atoms with Gasteiger partial charge < -0.3 is 10.1 Å². The summed E-state index contributed by atoms with van der Waals surface area (Å²) >= 11 is 0. The molecule has 2 rings (SSSR count). The number of hydrogen-bond donors (Lipinski definition) is 1. The second kappa shape index (κ2) is 5.82. The third kappa shape index (κ3) is 3.56. The number of ether oxygens (including phenoxy) is 1. The third-order valence-corrected chi connectivity index (χ3v) is 3.06. The molecule has 1 heterocycles. The molecule has 1 fully saturated rings. The summed E-state index contributed by atoms with van der Waals surface area (Å²) in [7, 11) is 0. The van der Waals surface area contributed by atoms with Gasteiger partial charge in [0.2, 0.25) is 5.91 Å². The van der Waals surface area contributed by atoms with Crippen LogP contribution in [0.3, 0.4) is 0 Å². The van der Waals surface area contributed by atoms with E-state index in [1.807, 2.05) is 0 Å². The van der Waals surface area contributed by atoms with Gasteiger partial charge in [0.25, 0.3) is 0 Å². The number of carbonyl (C=O) groups excluding carboxylic acids is 1. The minimum absolute atomic E-state index is 0.0367. The molecule has 1 saturated heterocycles. The maximum atomic E-state index is 11.7. The Labute approximate surface area is 102 Å². The molecular weight excluding hydrogens is 214 g/mol. The van der Waals surface area contributed by atoms with Crippen LogP contribution in [-0.4, -0.2) is 25.2 Å². The monoisotopic (exact) mass is 233 g/mol. The average Bonchev–Trinajstić information content (AvgIpc) is 2.85. The minimum atomic E-state index is -0.215. The zero-order chi connectivity index (χ0) is 12.1. The molecule has 1 amide bonds. The van der Waals surface area contributed by atoms with E-state index in [0.29, 0.717) is 6.54 Å². The Morgan fingerprint density at radius 1 is 1.41 bits per heavy atom. The Hall–Kier alpha value is -1.35. The van der Waals surface area contributed by atoms with E-state index in [-0.39, 0.29) is 12.0 Å². The van der Waals surface area contributed by atoms with Gasteiger partial charge in [0.1, 0.15) is 6.10 Å². The van der Waals surface area contributed by atoms with Crippen molar-refractivity contribution in [2.45, 2.75) is 32.3 Å². The second-order valence-corrected chi connectivity index (χ2v) is 4.53. The van der Waals surface area contributed by atoms with Crippen molar-refractivity contribution in [2.24, 2.45) is 0 Å². The first-order valence-electron chi connectivity index (χ1n) is 6.20. The number of carbonyl (C=O) groups is 1. The fraction of sp³-hybridized carbons (Fsp3) is 0.500. The highest BCUT2D eigenvalue weighted by Gasteiger charge is 2.22. The Kier molecular flexibility index (Phi) is 4.15. The van der Waals surface area contributed by atoms with Crippen LogP contribution in [0.5, 0.6) is 0 Å². The quantitative estimate of drug-likeness (QED) is 0.861. The summed E-state index contributed by atoms with van der Waals surface area (Å²) in [6, 6.07) is 8.40. The van der Waals surface area contributed by atoms with Crippen LogP contribution in [0, 0.1) is 6.92 Å². The maximum absolute atomic E-state index is 11.7. The van der Waals surface area contributed by atoms with Crippen LogP contribution in [0.2, 0.25) is 0 Å². The van der Waals surface area contributed by atoms with Crippen LogP contribution in [0.1, 0.15) is 24.0 Å². The first kappa shape index (κ1) is 12.1. The Balaban J connectivity index is 1.72. The lowest BCUT2D eigenvalue weighted by Crippen LogP contribution is -2.35. The first-order chi connectivity index (χ1) is 8.25. The molecule has 1 aromatic rings. The average molecular weight is 233 g/mol. The van der Waals surface area contributed by atoms with Crippen LogP contribution in [0.4, 0.5) is 0 Å². The summed E-state index contributed by atoms with van der Waals surface area (Å²) in [4.78, 5) is 11.7. The van der Waals surface area contributed by atoms with Gasteiger partial charge in [-0.3, -0.25) is 4.79 Å². The van der Waals surface area contributed by atoms with E-state index in [9.17, 15) is 4.79 Å². The number of nitrogens with one attached hydrogen (secondary N) is 1. The summed E-state index contributed by atoms with van der Waals surface area (Å²) in [5.41, 5.74) is 2.51. The number of amides is 1. The highest BCUT2D eigenvalue weighted by atomic mass is 16.5. The maximum Gasteiger partial charge on any atom is 0.249 e. The van der Waals surface area contributed by atoms with E-state index < -0.39 is 0 Å². The summed E-state index contributed by atoms with van der Waals surface area (Å²) in [6.45, 7) is 3.47. The number of benzene rings is 1. The predicted octanol–water partition coefficient (Wildman–Crippen LogP) is 1.83. The molecule has 1 aliphatic heterocycles. The fourth-order valence-corrected chi connectivity index (χ4v) is 1.98. The summed E-state index contributed by atoms with van der Waals surface area (Å²) in [6.07, 6.45) is 2.51. The lowest BCUT2D eigenvalue weighted by atomic mass is 10.1. The van der Waals surface area contributed by atoms with Crippen molar-refractivity contribution in [3.8, 4) is 0 Å². The molecule has 0 saturated carbocycles. The van der Waals surface area contributed by atoms with E-state index >= 15 is 0 Å². The van der Waals surface area contributed by atoms with E-state index in [0.717, 1.165) is 25.9 Å². The topological polar surface area (TPSA) is 38.3 Å². The highest BCUT2D eigenvalue weighted by molar-refractivity contribution is 5.80. The van der Waals surface area contributed by atoms with Gasteiger partial charge in [0.15, 0.2) is 0 Å². The molecule has 3 heteroatoms. The molecule has 1 aromatic carbocycles. The smallest absolute Gasteiger partial charge is 0.249 e. The van der Waals surface area contributed by atoms with Gasteiger partial charge in [-0.25, -0.2) is 0 Å². The van der Waals surface area contributed by atoms with Crippen LogP contribution in [0.15, 0.2) is 24.3 Å². The summed E-state index contributed by atoms with van der Waals surface area (Å²) in [5, 5.41) is 2.92. The Bertz CT molecular complexity index is 366. The van der Waals surface area contributed by atoms with Gasteiger partial charge in [-0.15, -0.1) is 0 Å². The van der Waals surface area contributed by atoms with E-state index in [1.54, 1.807) is 0 Å². The molecule has 1 atom stereocenters. The van der Waals surface area contributed by atoms with Crippen LogP contribution < -0.4 is 5.32 Å².